The van der Waals surface area contributed by atoms with Crippen molar-refractivity contribution >= 4 is 0 Å². The first-order valence-electron chi connectivity index (χ1n) is 5.50. The molecule has 2 nitrogen and oxygen atoms in total. The summed E-state index contributed by atoms with van der Waals surface area (Å²) in [4.78, 5) is 0. The van der Waals surface area contributed by atoms with Crippen molar-refractivity contribution in [3.63, 3.8) is 0 Å². The first-order chi connectivity index (χ1) is 6.26. The molecule has 0 radical (unpaired) electrons. The first-order valence-corrected chi connectivity index (χ1v) is 5.50. The Kier molecular flexibility index (Phi) is 2.29. The third-order valence-electron chi connectivity index (χ3n) is 4.03. The van der Waals surface area contributed by atoms with Crippen molar-refractivity contribution in [3.8, 4) is 6.07 Å². The molecule has 0 aliphatic carbocycles. The van der Waals surface area contributed by atoms with Crippen molar-refractivity contribution in [2.24, 2.45) is 5.92 Å². The lowest BCUT2D eigenvalue weighted by Crippen LogP contribution is -2.60. The maximum absolute atomic E-state index is 9.08. The summed E-state index contributed by atoms with van der Waals surface area (Å²) in [5, 5.41) is 9.08. The van der Waals surface area contributed by atoms with Gasteiger partial charge in [-0.15, -0.1) is 0 Å². The van der Waals surface area contributed by atoms with Crippen LogP contribution in [0.2, 0.25) is 0 Å². The van der Waals surface area contributed by atoms with Crippen molar-refractivity contribution in [2.75, 3.05) is 20.1 Å². The van der Waals surface area contributed by atoms with Crippen LogP contribution in [-0.4, -0.2) is 30.7 Å². The second kappa shape index (κ2) is 3.31. The van der Waals surface area contributed by atoms with Gasteiger partial charge in [0.05, 0.1) is 32.1 Å². The highest BCUT2D eigenvalue weighted by Gasteiger charge is 2.43. The Hall–Kier alpha value is -0.550. The summed E-state index contributed by atoms with van der Waals surface area (Å²) in [6, 6.07) is 3.17. The number of rotatable bonds is 0. The average Bonchev–Trinajstić information content (AvgIpc) is 2.15. The van der Waals surface area contributed by atoms with Gasteiger partial charge in [-0.3, -0.25) is 0 Å². The average molecular weight is 179 g/mol. The molecule has 72 valence electrons. The van der Waals surface area contributed by atoms with E-state index in [0.29, 0.717) is 12.0 Å². The number of quaternary nitrogens is 1. The van der Waals surface area contributed by atoms with Crippen LogP contribution in [0.1, 0.15) is 32.1 Å². The second-order valence-electron chi connectivity index (χ2n) is 4.87. The predicted molar refractivity (Wildman–Crippen MR) is 51.9 cm³/mol. The lowest BCUT2D eigenvalue weighted by atomic mass is 9.82. The van der Waals surface area contributed by atoms with Crippen LogP contribution in [0.15, 0.2) is 0 Å². The van der Waals surface area contributed by atoms with Crippen molar-refractivity contribution in [1.29, 1.82) is 5.26 Å². The van der Waals surface area contributed by atoms with Gasteiger partial charge in [0, 0.05) is 6.42 Å². The number of nitrogens with zero attached hydrogens (tertiary/aromatic N) is 2. The van der Waals surface area contributed by atoms with Crippen molar-refractivity contribution < 1.29 is 4.48 Å². The number of piperidine rings is 2. The molecule has 0 spiro atoms. The highest BCUT2D eigenvalue weighted by atomic mass is 15.4. The molecule has 0 saturated carbocycles. The first kappa shape index (κ1) is 9.02. The fraction of sp³-hybridized carbons (Fsp3) is 0.909. The molecule has 13 heavy (non-hydrogen) atoms. The second-order valence-corrected chi connectivity index (χ2v) is 4.87. The van der Waals surface area contributed by atoms with Crippen LogP contribution in [0, 0.1) is 17.2 Å². The monoisotopic (exact) mass is 179 g/mol. The summed E-state index contributed by atoms with van der Waals surface area (Å²) in [5.41, 5.74) is 0. The van der Waals surface area contributed by atoms with E-state index in [1.807, 2.05) is 0 Å². The predicted octanol–water partition coefficient (Wildman–Crippen LogP) is 1.92. The molecule has 0 N–H and O–H groups in total. The number of hydrogen-bond acceptors (Lipinski definition) is 1. The van der Waals surface area contributed by atoms with Crippen molar-refractivity contribution in [2.45, 2.75) is 38.1 Å². The smallest absolute Gasteiger partial charge is 0.105 e. The molecule has 2 saturated heterocycles. The molecule has 1 unspecified atom stereocenters. The fourth-order valence-corrected chi connectivity index (χ4v) is 3.23. The third kappa shape index (κ3) is 1.46. The van der Waals surface area contributed by atoms with E-state index in [0.717, 1.165) is 6.42 Å². The van der Waals surface area contributed by atoms with E-state index in [2.05, 4.69) is 13.1 Å². The van der Waals surface area contributed by atoms with E-state index < -0.39 is 0 Å². The van der Waals surface area contributed by atoms with Crippen molar-refractivity contribution in [1.82, 2.24) is 0 Å². The maximum Gasteiger partial charge on any atom is 0.105 e. The molecule has 2 rings (SSSR count). The van der Waals surface area contributed by atoms with E-state index in [9.17, 15) is 0 Å². The Bertz CT molecular complexity index is 227. The van der Waals surface area contributed by atoms with Gasteiger partial charge in [0.15, 0.2) is 0 Å². The van der Waals surface area contributed by atoms with Gasteiger partial charge in [-0.25, -0.2) is 0 Å². The molecule has 0 aromatic heterocycles. The zero-order valence-electron chi connectivity index (χ0n) is 8.50. The van der Waals surface area contributed by atoms with E-state index >= 15 is 0 Å². The molecule has 0 aromatic rings. The number of fused-ring (bicyclic) bond motifs is 1. The Morgan fingerprint density at radius 2 is 1.92 bits per heavy atom. The number of hydrogen-bond donors (Lipinski definition) is 0. The summed E-state index contributed by atoms with van der Waals surface area (Å²) >= 11 is 0. The highest BCUT2D eigenvalue weighted by molar-refractivity contribution is 4.92. The minimum atomic E-state index is 0.346. The van der Waals surface area contributed by atoms with Crippen LogP contribution < -0.4 is 0 Å². The fourth-order valence-electron chi connectivity index (χ4n) is 3.23. The molecule has 2 aliphatic rings. The molecular formula is C11H19N2+. The van der Waals surface area contributed by atoms with Crippen molar-refractivity contribution in [3.05, 3.63) is 0 Å². The molecule has 2 aliphatic heterocycles. The molecule has 2 heteroatoms. The summed E-state index contributed by atoms with van der Waals surface area (Å²) < 4.78 is 1.19. The molecule has 0 amide bonds. The summed E-state index contributed by atoms with van der Waals surface area (Å²) in [6.45, 7) is 2.62. The zero-order valence-corrected chi connectivity index (χ0v) is 8.50. The number of nitriles is 1. The molecule has 2 fully saturated rings. The third-order valence-corrected chi connectivity index (χ3v) is 4.03. The molecular weight excluding hydrogens is 160 g/mol. The molecule has 0 bridgehead atoms. The van der Waals surface area contributed by atoms with Gasteiger partial charge in [-0.2, -0.15) is 5.26 Å². The van der Waals surface area contributed by atoms with E-state index in [1.165, 1.54) is 43.3 Å². The Morgan fingerprint density at radius 3 is 2.69 bits per heavy atom. The minimum Gasteiger partial charge on any atom is -0.323 e. The highest BCUT2D eigenvalue weighted by Crippen LogP contribution is 2.35. The summed E-state index contributed by atoms with van der Waals surface area (Å²) in [5.74, 6) is 0.346. The van der Waals surface area contributed by atoms with Gasteiger partial charge in [-0.1, -0.05) is 0 Å². The van der Waals surface area contributed by atoms with Gasteiger partial charge in [0.25, 0.3) is 0 Å². The Balaban J connectivity index is 2.17. The molecule has 0 aromatic carbocycles. The SMILES string of the molecule is C[N+]12CCCC[C@@H]1[C@H](C#N)CCC2. The van der Waals surface area contributed by atoms with Crippen LogP contribution >= 0.6 is 0 Å². The lowest BCUT2D eigenvalue weighted by Gasteiger charge is -2.49. The zero-order chi connectivity index (χ0) is 9.31. The molecule has 3 atom stereocenters. The topological polar surface area (TPSA) is 23.8 Å². The summed E-state index contributed by atoms with van der Waals surface area (Å²) in [7, 11) is 2.35. The van der Waals surface area contributed by atoms with Crippen LogP contribution in [-0.2, 0) is 0 Å². The van der Waals surface area contributed by atoms with Crippen LogP contribution in [0.3, 0.4) is 0 Å². The van der Waals surface area contributed by atoms with E-state index in [1.54, 1.807) is 0 Å². The van der Waals surface area contributed by atoms with Gasteiger partial charge >= 0.3 is 0 Å². The normalized spacial score (nSPS) is 44.9. The summed E-state index contributed by atoms with van der Waals surface area (Å²) in [6.07, 6.45) is 6.40. The van der Waals surface area contributed by atoms with Gasteiger partial charge in [0.1, 0.15) is 6.04 Å². The van der Waals surface area contributed by atoms with Gasteiger partial charge < -0.3 is 4.48 Å². The lowest BCUT2D eigenvalue weighted by molar-refractivity contribution is -0.945. The molecule has 2 heterocycles. The van der Waals surface area contributed by atoms with E-state index in [-0.39, 0.29) is 0 Å². The Labute approximate surface area is 80.7 Å². The minimum absolute atomic E-state index is 0.346. The van der Waals surface area contributed by atoms with Crippen LogP contribution in [0.25, 0.3) is 0 Å². The standard InChI is InChI=1S/C11H19N2/c1-13-7-3-2-6-11(13)10(9-12)5-4-8-13/h10-11H,2-8H2,1H3/q+1/t10-,11+,13?/m0/s1. The van der Waals surface area contributed by atoms with Gasteiger partial charge in [-0.05, 0) is 25.7 Å². The maximum atomic E-state index is 9.08. The Morgan fingerprint density at radius 1 is 1.15 bits per heavy atom. The van der Waals surface area contributed by atoms with E-state index in [4.69, 9.17) is 5.26 Å². The largest absolute Gasteiger partial charge is 0.323 e. The van der Waals surface area contributed by atoms with Crippen LogP contribution in [0.4, 0.5) is 0 Å². The van der Waals surface area contributed by atoms with Crippen LogP contribution in [0.5, 0.6) is 0 Å². The van der Waals surface area contributed by atoms with Gasteiger partial charge in [0.2, 0.25) is 0 Å². The quantitative estimate of drug-likeness (QED) is 0.521.